The van der Waals surface area contributed by atoms with Crippen LogP contribution in [0.4, 0.5) is 0 Å². The maximum Gasteiger partial charge on any atom is 0.257 e. The number of carbonyl (C=O) groups is 1. The summed E-state index contributed by atoms with van der Waals surface area (Å²) >= 11 is 0. The predicted molar refractivity (Wildman–Crippen MR) is 78.2 cm³/mol. The average molecular weight is 272 g/mol. The molecule has 4 nitrogen and oxygen atoms in total. The minimum absolute atomic E-state index is 0.0197. The van der Waals surface area contributed by atoms with E-state index < -0.39 is 0 Å². The smallest absolute Gasteiger partial charge is 0.257 e. The van der Waals surface area contributed by atoms with Crippen LogP contribution >= 0.6 is 0 Å². The zero-order valence-electron chi connectivity index (χ0n) is 11.9. The maximum atomic E-state index is 12.4. The van der Waals surface area contributed by atoms with Crippen LogP contribution in [-0.4, -0.2) is 17.9 Å². The van der Waals surface area contributed by atoms with E-state index in [4.69, 9.17) is 10.2 Å². The molecule has 2 rings (SSSR count). The second-order valence-electron chi connectivity index (χ2n) is 4.80. The molecule has 0 atom stereocenters. The molecule has 1 aromatic carbocycles. The zero-order chi connectivity index (χ0) is 14.5. The van der Waals surface area contributed by atoms with Crippen molar-refractivity contribution in [2.24, 2.45) is 5.73 Å². The molecule has 0 bridgehead atoms. The van der Waals surface area contributed by atoms with Gasteiger partial charge < -0.3 is 15.1 Å². The lowest BCUT2D eigenvalue weighted by atomic mass is 10.1. The SMILES string of the molecule is CCc1occc1C(=O)N(C)Cc1cccc(CN)c1. The van der Waals surface area contributed by atoms with Gasteiger partial charge in [0.15, 0.2) is 0 Å². The Morgan fingerprint density at radius 1 is 1.30 bits per heavy atom. The molecule has 106 valence electrons. The Morgan fingerprint density at radius 2 is 2.05 bits per heavy atom. The summed E-state index contributed by atoms with van der Waals surface area (Å²) in [6.07, 6.45) is 2.28. The molecule has 1 amide bonds. The third-order valence-corrected chi connectivity index (χ3v) is 3.29. The van der Waals surface area contributed by atoms with Crippen LogP contribution in [0.25, 0.3) is 0 Å². The fraction of sp³-hybridized carbons (Fsp3) is 0.312. The number of rotatable bonds is 5. The summed E-state index contributed by atoms with van der Waals surface area (Å²) in [5, 5.41) is 0. The highest BCUT2D eigenvalue weighted by Crippen LogP contribution is 2.15. The Labute approximate surface area is 119 Å². The number of amides is 1. The molecule has 0 fully saturated rings. The van der Waals surface area contributed by atoms with Crippen molar-refractivity contribution >= 4 is 5.91 Å². The summed E-state index contributed by atoms with van der Waals surface area (Å²) in [6.45, 7) is 3.04. The fourth-order valence-electron chi connectivity index (χ4n) is 2.21. The molecule has 0 spiro atoms. The number of benzene rings is 1. The third-order valence-electron chi connectivity index (χ3n) is 3.29. The van der Waals surface area contributed by atoms with E-state index in [2.05, 4.69) is 0 Å². The molecule has 20 heavy (non-hydrogen) atoms. The van der Waals surface area contributed by atoms with Crippen LogP contribution in [-0.2, 0) is 19.5 Å². The quantitative estimate of drug-likeness (QED) is 0.910. The first-order chi connectivity index (χ1) is 9.65. The Hall–Kier alpha value is -2.07. The Balaban J connectivity index is 2.11. The minimum Gasteiger partial charge on any atom is -0.469 e. The van der Waals surface area contributed by atoms with Crippen molar-refractivity contribution in [2.45, 2.75) is 26.4 Å². The van der Waals surface area contributed by atoms with E-state index in [-0.39, 0.29) is 5.91 Å². The van der Waals surface area contributed by atoms with Gasteiger partial charge in [0.25, 0.3) is 5.91 Å². The minimum atomic E-state index is -0.0197. The molecule has 4 heteroatoms. The molecule has 0 saturated heterocycles. The first kappa shape index (κ1) is 14.3. The molecule has 0 unspecified atom stereocenters. The molecular formula is C16H20N2O2. The molecular weight excluding hydrogens is 252 g/mol. The van der Waals surface area contributed by atoms with Gasteiger partial charge in [-0.3, -0.25) is 4.79 Å². The van der Waals surface area contributed by atoms with Gasteiger partial charge in [0.2, 0.25) is 0 Å². The van der Waals surface area contributed by atoms with Crippen molar-refractivity contribution in [1.82, 2.24) is 4.90 Å². The number of aryl methyl sites for hydroxylation is 1. The molecule has 1 aromatic heterocycles. The van der Waals surface area contributed by atoms with Crippen LogP contribution in [0.1, 0.15) is 34.2 Å². The van der Waals surface area contributed by atoms with Gasteiger partial charge in [-0.1, -0.05) is 31.2 Å². The van der Waals surface area contributed by atoms with E-state index in [9.17, 15) is 4.79 Å². The Bertz CT molecular complexity index is 590. The summed E-state index contributed by atoms with van der Waals surface area (Å²) in [5.41, 5.74) is 8.42. The van der Waals surface area contributed by atoms with E-state index in [0.29, 0.717) is 25.1 Å². The summed E-state index contributed by atoms with van der Waals surface area (Å²) in [7, 11) is 1.80. The lowest BCUT2D eigenvalue weighted by Gasteiger charge is -2.17. The number of furan rings is 1. The number of hydrogen-bond acceptors (Lipinski definition) is 3. The van der Waals surface area contributed by atoms with Crippen LogP contribution < -0.4 is 5.73 Å². The van der Waals surface area contributed by atoms with Crippen LogP contribution in [0.2, 0.25) is 0 Å². The van der Waals surface area contributed by atoms with Crippen LogP contribution in [0.3, 0.4) is 0 Å². The van der Waals surface area contributed by atoms with Crippen LogP contribution in [0.5, 0.6) is 0 Å². The zero-order valence-corrected chi connectivity index (χ0v) is 11.9. The normalized spacial score (nSPS) is 10.6. The molecule has 2 N–H and O–H groups in total. The van der Waals surface area contributed by atoms with E-state index >= 15 is 0 Å². The van der Waals surface area contributed by atoms with Crippen LogP contribution in [0.15, 0.2) is 41.0 Å². The summed E-state index contributed by atoms with van der Waals surface area (Å²) in [6, 6.07) is 9.70. The largest absolute Gasteiger partial charge is 0.469 e. The van der Waals surface area contributed by atoms with Gasteiger partial charge in [-0.05, 0) is 17.2 Å². The Morgan fingerprint density at radius 3 is 2.75 bits per heavy atom. The van der Waals surface area contributed by atoms with Crippen molar-refractivity contribution < 1.29 is 9.21 Å². The number of nitrogens with two attached hydrogens (primary N) is 1. The topological polar surface area (TPSA) is 59.5 Å². The maximum absolute atomic E-state index is 12.4. The van der Waals surface area contributed by atoms with Crippen molar-refractivity contribution in [3.05, 3.63) is 59.0 Å². The first-order valence-corrected chi connectivity index (χ1v) is 6.75. The van der Waals surface area contributed by atoms with Gasteiger partial charge in [-0.15, -0.1) is 0 Å². The lowest BCUT2D eigenvalue weighted by molar-refractivity contribution is 0.0783. The molecule has 0 saturated carbocycles. The van der Waals surface area contributed by atoms with Crippen molar-refractivity contribution in [3.63, 3.8) is 0 Å². The van der Waals surface area contributed by atoms with Gasteiger partial charge in [0.1, 0.15) is 5.76 Å². The molecule has 0 aliphatic carbocycles. The van der Waals surface area contributed by atoms with Gasteiger partial charge in [-0.25, -0.2) is 0 Å². The van der Waals surface area contributed by atoms with E-state index in [1.807, 2.05) is 31.2 Å². The molecule has 0 aliphatic heterocycles. The molecule has 1 heterocycles. The standard InChI is InChI=1S/C16H20N2O2/c1-3-15-14(7-8-20-15)16(19)18(2)11-13-6-4-5-12(9-13)10-17/h4-9H,3,10-11,17H2,1-2H3. The van der Waals surface area contributed by atoms with Gasteiger partial charge >= 0.3 is 0 Å². The van der Waals surface area contributed by atoms with Gasteiger partial charge in [-0.2, -0.15) is 0 Å². The number of carbonyl (C=O) groups excluding carboxylic acids is 1. The second kappa shape index (κ2) is 6.39. The first-order valence-electron chi connectivity index (χ1n) is 6.75. The number of hydrogen-bond donors (Lipinski definition) is 1. The van der Waals surface area contributed by atoms with Crippen LogP contribution in [0, 0.1) is 0 Å². The molecule has 0 aliphatic rings. The van der Waals surface area contributed by atoms with E-state index in [1.54, 1.807) is 24.3 Å². The highest BCUT2D eigenvalue weighted by molar-refractivity contribution is 5.94. The van der Waals surface area contributed by atoms with Gasteiger partial charge in [0.05, 0.1) is 11.8 Å². The third kappa shape index (κ3) is 3.08. The molecule has 2 aromatic rings. The summed E-state index contributed by atoms with van der Waals surface area (Å²) in [4.78, 5) is 14.1. The fourth-order valence-corrected chi connectivity index (χ4v) is 2.21. The Kier molecular flexibility index (Phi) is 4.58. The highest BCUT2D eigenvalue weighted by atomic mass is 16.3. The average Bonchev–Trinajstić information content (AvgIpc) is 2.95. The highest BCUT2D eigenvalue weighted by Gasteiger charge is 2.17. The monoisotopic (exact) mass is 272 g/mol. The van der Waals surface area contributed by atoms with Gasteiger partial charge in [0, 0.05) is 26.6 Å². The van der Waals surface area contributed by atoms with Crippen molar-refractivity contribution in [3.8, 4) is 0 Å². The van der Waals surface area contributed by atoms with E-state index in [0.717, 1.165) is 16.9 Å². The summed E-state index contributed by atoms with van der Waals surface area (Å²) in [5.74, 6) is 0.714. The predicted octanol–water partition coefficient (Wildman–Crippen LogP) is 2.57. The summed E-state index contributed by atoms with van der Waals surface area (Å²) < 4.78 is 5.31. The van der Waals surface area contributed by atoms with Crippen molar-refractivity contribution in [1.29, 1.82) is 0 Å². The number of nitrogens with zero attached hydrogens (tertiary/aromatic N) is 1. The lowest BCUT2D eigenvalue weighted by Crippen LogP contribution is -2.26. The van der Waals surface area contributed by atoms with E-state index in [1.165, 1.54) is 0 Å². The second-order valence-corrected chi connectivity index (χ2v) is 4.80. The molecule has 0 radical (unpaired) electrons. The van der Waals surface area contributed by atoms with Crippen molar-refractivity contribution in [2.75, 3.05) is 7.05 Å².